The third-order valence-corrected chi connectivity index (χ3v) is 2.50. The standard InChI is InChI=1S/C12H15N5O2/c1-2-7-19-12(18)9-3-5-10(6-4-9)17-11(8-13)14-15-16-17/h3-6H,2,7-8,13H2,1H3. The number of carbonyl (C=O) groups is 1. The van der Waals surface area contributed by atoms with Crippen LogP contribution in [0.2, 0.25) is 0 Å². The number of ether oxygens (including phenoxy) is 1. The molecule has 0 aliphatic carbocycles. The zero-order valence-corrected chi connectivity index (χ0v) is 10.6. The van der Waals surface area contributed by atoms with Gasteiger partial charge in [-0.3, -0.25) is 0 Å². The summed E-state index contributed by atoms with van der Waals surface area (Å²) in [5, 5.41) is 11.2. The van der Waals surface area contributed by atoms with Crippen molar-refractivity contribution in [2.24, 2.45) is 5.73 Å². The Morgan fingerprint density at radius 1 is 1.37 bits per heavy atom. The summed E-state index contributed by atoms with van der Waals surface area (Å²) in [6, 6.07) is 6.85. The van der Waals surface area contributed by atoms with Crippen LogP contribution in [0.25, 0.3) is 5.69 Å². The second-order valence-electron chi connectivity index (χ2n) is 3.89. The van der Waals surface area contributed by atoms with Crippen LogP contribution in [0.1, 0.15) is 29.5 Å². The molecule has 0 aliphatic rings. The Hall–Kier alpha value is -2.28. The molecular formula is C12H15N5O2. The lowest BCUT2D eigenvalue weighted by molar-refractivity contribution is 0.0505. The Kier molecular flexibility index (Phi) is 4.19. The van der Waals surface area contributed by atoms with Crippen molar-refractivity contribution in [3.05, 3.63) is 35.7 Å². The smallest absolute Gasteiger partial charge is 0.338 e. The Morgan fingerprint density at radius 2 is 2.11 bits per heavy atom. The number of hydrogen-bond donors (Lipinski definition) is 1. The maximum atomic E-state index is 11.6. The first-order valence-electron chi connectivity index (χ1n) is 6.01. The van der Waals surface area contributed by atoms with Gasteiger partial charge >= 0.3 is 5.97 Å². The van der Waals surface area contributed by atoms with Gasteiger partial charge in [0.15, 0.2) is 5.82 Å². The average Bonchev–Trinajstić information content (AvgIpc) is 2.93. The van der Waals surface area contributed by atoms with E-state index in [9.17, 15) is 4.79 Å². The lowest BCUT2D eigenvalue weighted by Gasteiger charge is -2.05. The minimum atomic E-state index is -0.329. The highest BCUT2D eigenvalue weighted by Crippen LogP contribution is 2.10. The molecule has 0 aliphatic heterocycles. The largest absolute Gasteiger partial charge is 0.462 e. The number of hydrogen-bond acceptors (Lipinski definition) is 6. The van der Waals surface area contributed by atoms with Crippen molar-refractivity contribution in [3.63, 3.8) is 0 Å². The molecule has 0 unspecified atom stereocenters. The van der Waals surface area contributed by atoms with Gasteiger partial charge in [-0.05, 0) is 41.1 Å². The molecule has 100 valence electrons. The monoisotopic (exact) mass is 261 g/mol. The van der Waals surface area contributed by atoms with Crippen molar-refractivity contribution in [3.8, 4) is 5.69 Å². The molecule has 1 heterocycles. The first-order valence-corrected chi connectivity index (χ1v) is 6.01. The molecule has 1 aromatic carbocycles. The molecule has 2 N–H and O–H groups in total. The molecule has 7 heteroatoms. The summed E-state index contributed by atoms with van der Waals surface area (Å²) >= 11 is 0. The van der Waals surface area contributed by atoms with Crippen molar-refractivity contribution in [1.29, 1.82) is 0 Å². The van der Waals surface area contributed by atoms with Gasteiger partial charge in [0, 0.05) is 0 Å². The number of carbonyl (C=O) groups excluding carboxylic acids is 1. The van der Waals surface area contributed by atoms with Gasteiger partial charge < -0.3 is 10.5 Å². The van der Waals surface area contributed by atoms with E-state index in [4.69, 9.17) is 10.5 Å². The molecule has 0 atom stereocenters. The van der Waals surface area contributed by atoms with Crippen molar-refractivity contribution < 1.29 is 9.53 Å². The highest BCUT2D eigenvalue weighted by molar-refractivity contribution is 5.89. The lowest BCUT2D eigenvalue weighted by Crippen LogP contribution is -2.09. The van der Waals surface area contributed by atoms with Crippen LogP contribution in [0.15, 0.2) is 24.3 Å². The van der Waals surface area contributed by atoms with Gasteiger partial charge in [-0.2, -0.15) is 4.68 Å². The number of benzene rings is 1. The third-order valence-electron chi connectivity index (χ3n) is 2.50. The van der Waals surface area contributed by atoms with E-state index in [1.165, 1.54) is 4.68 Å². The van der Waals surface area contributed by atoms with Gasteiger partial charge in [0.05, 0.1) is 24.4 Å². The van der Waals surface area contributed by atoms with Gasteiger partial charge in [-0.15, -0.1) is 5.10 Å². The van der Waals surface area contributed by atoms with Gasteiger partial charge in [-0.1, -0.05) is 6.92 Å². The molecule has 7 nitrogen and oxygen atoms in total. The van der Waals surface area contributed by atoms with E-state index < -0.39 is 0 Å². The molecule has 1 aromatic heterocycles. The SMILES string of the molecule is CCCOC(=O)c1ccc(-n2nnnc2CN)cc1. The summed E-state index contributed by atoms with van der Waals surface area (Å²) in [7, 11) is 0. The minimum absolute atomic E-state index is 0.243. The third kappa shape index (κ3) is 2.94. The molecule has 19 heavy (non-hydrogen) atoms. The fourth-order valence-electron chi connectivity index (χ4n) is 1.55. The van der Waals surface area contributed by atoms with Crippen LogP contribution in [-0.2, 0) is 11.3 Å². The van der Waals surface area contributed by atoms with E-state index in [1.54, 1.807) is 24.3 Å². The molecule has 0 radical (unpaired) electrons. The van der Waals surface area contributed by atoms with Crippen LogP contribution in [0, 0.1) is 0 Å². The van der Waals surface area contributed by atoms with E-state index >= 15 is 0 Å². The molecule has 0 amide bonds. The molecular weight excluding hydrogens is 246 g/mol. The van der Waals surface area contributed by atoms with E-state index in [2.05, 4.69) is 15.5 Å². The molecule has 0 saturated carbocycles. The number of rotatable bonds is 5. The van der Waals surface area contributed by atoms with Crippen LogP contribution < -0.4 is 5.73 Å². The molecule has 0 bridgehead atoms. The Morgan fingerprint density at radius 3 is 2.74 bits per heavy atom. The van der Waals surface area contributed by atoms with Gasteiger partial charge in [-0.25, -0.2) is 4.79 Å². The highest BCUT2D eigenvalue weighted by atomic mass is 16.5. The number of tetrazole rings is 1. The van der Waals surface area contributed by atoms with Crippen LogP contribution in [0.5, 0.6) is 0 Å². The quantitative estimate of drug-likeness (QED) is 0.795. The van der Waals surface area contributed by atoms with Gasteiger partial charge in [0.2, 0.25) is 0 Å². The fraction of sp³-hybridized carbons (Fsp3) is 0.333. The van der Waals surface area contributed by atoms with Crippen LogP contribution in [0.3, 0.4) is 0 Å². The van der Waals surface area contributed by atoms with Crippen LogP contribution in [0.4, 0.5) is 0 Å². The first-order chi connectivity index (χ1) is 9.26. The molecule has 0 saturated heterocycles. The van der Waals surface area contributed by atoms with Crippen LogP contribution >= 0.6 is 0 Å². The number of aromatic nitrogens is 4. The van der Waals surface area contributed by atoms with Crippen LogP contribution in [-0.4, -0.2) is 32.8 Å². The molecule has 0 spiro atoms. The Labute approximate surface area is 110 Å². The second-order valence-corrected chi connectivity index (χ2v) is 3.89. The second kappa shape index (κ2) is 6.05. The molecule has 2 rings (SSSR count). The zero-order chi connectivity index (χ0) is 13.7. The maximum Gasteiger partial charge on any atom is 0.338 e. The lowest BCUT2D eigenvalue weighted by atomic mass is 10.2. The topological polar surface area (TPSA) is 95.9 Å². The summed E-state index contributed by atoms with van der Waals surface area (Å²) in [4.78, 5) is 11.6. The summed E-state index contributed by atoms with van der Waals surface area (Å²) in [5.41, 5.74) is 6.78. The van der Waals surface area contributed by atoms with Crippen molar-refractivity contribution >= 4 is 5.97 Å². The first kappa shape index (κ1) is 13.2. The fourth-order valence-corrected chi connectivity index (χ4v) is 1.55. The van der Waals surface area contributed by atoms with E-state index in [1.807, 2.05) is 6.92 Å². The van der Waals surface area contributed by atoms with E-state index in [0.717, 1.165) is 12.1 Å². The highest BCUT2D eigenvalue weighted by Gasteiger charge is 2.09. The number of nitrogens with two attached hydrogens (primary N) is 1. The summed E-state index contributed by atoms with van der Waals surface area (Å²) in [5.74, 6) is 0.227. The minimum Gasteiger partial charge on any atom is -0.462 e. The zero-order valence-electron chi connectivity index (χ0n) is 10.6. The average molecular weight is 261 g/mol. The van der Waals surface area contributed by atoms with Gasteiger partial charge in [0.25, 0.3) is 0 Å². The predicted molar refractivity (Wildman–Crippen MR) is 67.6 cm³/mol. The van der Waals surface area contributed by atoms with Crippen molar-refractivity contribution in [1.82, 2.24) is 20.2 Å². The summed E-state index contributed by atoms with van der Waals surface area (Å²) in [6.07, 6.45) is 0.800. The Bertz CT molecular complexity index is 550. The Balaban J connectivity index is 2.17. The van der Waals surface area contributed by atoms with E-state index in [0.29, 0.717) is 18.0 Å². The molecule has 0 fully saturated rings. The normalized spacial score (nSPS) is 10.4. The predicted octanol–water partition coefficient (Wildman–Crippen LogP) is 0.688. The van der Waals surface area contributed by atoms with Crippen molar-refractivity contribution in [2.45, 2.75) is 19.9 Å². The van der Waals surface area contributed by atoms with Gasteiger partial charge in [0.1, 0.15) is 0 Å². The maximum absolute atomic E-state index is 11.6. The summed E-state index contributed by atoms with van der Waals surface area (Å²) in [6.45, 7) is 2.61. The van der Waals surface area contributed by atoms with Crippen molar-refractivity contribution in [2.75, 3.05) is 6.61 Å². The van der Waals surface area contributed by atoms with E-state index in [-0.39, 0.29) is 12.5 Å². The molecule has 2 aromatic rings. The number of nitrogens with zero attached hydrogens (tertiary/aromatic N) is 4. The number of esters is 1. The summed E-state index contributed by atoms with van der Waals surface area (Å²) < 4.78 is 6.58.